The van der Waals surface area contributed by atoms with Crippen LogP contribution in [0.4, 0.5) is 5.95 Å². The average Bonchev–Trinajstić information content (AvgIpc) is 2.53. The number of nitrogens with one attached hydrogen (secondary N) is 1. The molecule has 2 rings (SSSR count). The average molecular weight is 316 g/mol. The van der Waals surface area contributed by atoms with Crippen LogP contribution in [0.3, 0.4) is 0 Å². The van der Waals surface area contributed by atoms with Gasteiger partial charge in [-0.3, -0.25) is 0 Å². The Labute approximate surface area is 135 Å². The number of hydrazone groups is 1. The van der Waals surface area contributed by atoms with Gasteiger partial charge in [0.1, 0.15) is 5.75 Å². The molecule has 7 nitrogen and oxygen atoms in total. The molecule has 1 heterocycles. The summed E-state index contributed by atoms with van der Waals surface area (Å²) in [5, 5.41) is 4.16. The minimum atomic E-state index is 0.443. The molecule has 0 fully saturated rings. The lowest BCUT2D eigenvalue weighted by Gasteiger charge is -2.11. The molecule has 0 radical (unpaired) electrons. The van der Waals surface area contributed by atoms with Crippen molar-refractivity contribution in [2.75, 3.05) is 26.8 Å². The largest absolute Gasteiger partial charge is 0.496 e. The number of anilines is 1. The minimum absolute atomic E-state index is 0.443. The van der Waals surface area contributed by atoms with Crippen molar-refractivity contribution in [3.63, 3.8) is 0 Å². The minimum Gasteiger partial charge on any atom is -0.496 e. The third-order valence-corrected chi connectivity index (χ3v) is 3.09. The topological polar surface area (TPSA) is 77.9 Å². The Hall–Kier alpha value is -2.83. The fourth-order valence-corrected chi connectivity index (χ4v) is 2.09. The van der Waals surface area contributed by atoms with E-state index in [0.717, 1.165) is 17.0 Å². The third-order valence-electron chi connectivity index (χ3n) is 3.09. The zero-order chi connectivity index (χ0) is 16.8. The summed E-state index contributed by atoms with van der Waals surface area (Å²) in [5.41, 5.74) is 5.30. The Kier molecular flexibility index (Phi) is 5.35. The second-order valence-electron chi connectivity index (χ2n) is 4.79. The molecule has 0 aliphatic heterocycles. The van der Waals surface area contributed by atoms with Crippen LogP contribution in [-0.2, 0) is 0 Å². The lowest BCUT2D eigenvalue weighted by Crippen LogP contribution is -2.01. The summed E-state index contributed by atoms with van der Waals surface area (Å²) in [7, 11) is 4.73. The predicted molar refractivity (Wildman–Crippen MR) is 88.8 cm³/mol. The van der Waals surface area contributed by atoms with Crippen molar-refractivity contribution in [2.24, 2.45) is 5.10 Å². The zero-order valence-electron chi connectivity index (χ0n) is 13.9. The Morgan fingerprint density at radius 3 is 2.00 bits per heavy atom. The second-order valence-corrected chi connectivity index (χ2v) is 4.79. The van der Waals surface area contributed by atoms with E-state index in [9.17, 15) is 0 Å². The predicted octanol–water partition coefficient (Wildman–Crippen LogP) is 2.57. The molecular weight excluding hydrogens is 296 g/mol. The highest BCUT2D eigenvalue weighted by Crippen LogP contribution is 2.33. The van der Waals surface area contributed by atoms with Crippen molar-refractivity contribution in [3.05, 3.63) is 35.2 Å². The first-order valence-corrected chi connectivity index (χ1v) is 6.98. The molecule has 0 aliphatic rings. The van der Waals surface area contributed by atoms with E-state index in [4.69, 9.17) is 14.2 Å². The molecule has 0 amide bonds. The van der Waals surface area contributed by atoms with Gasteiger partial charge in [-0.25, -0.2) is 15.4 Å². The fourth-order valence-electron chi connectivity index (χ4n) is 2.09. The highest BCUT2D eigenvalue weighted by atomic mass is 16.5. The number of hydrogen-bond acceptors (Lipinski definition) is 7. The fraction of sp³-hybridized carbons (Fsp3) is 0.312. The SMILES string of the molecule is COc1cc(OC)c(OC)cc1/C=N/Nc1nc(C)cc(C)n1. The number of ether oxygens (including phenoxy) is 3. The molecule has 0 saturated heterocycles. The molecule has 1 aromatic heterocycles. The van der Waals surface area contributed by atoms with E-state index >= 15 is 0 Å². The van der Waals surface area contributed by atoms with Gasteiger partial charge in [0.15, 0.2) is 11.5 Å². The number of hydrogen-bond donors (Lipinski definition) is 1. The smallest absolute Gasteiger partial charge is 0.243 e. The number of benzene rings is 1. The summed E-state index contributed by atoms with van der Waals surface area (Å²) < 4.78 is 15.9. The Bertz CT molecular complexity index is 696. The van der Waals surface area contributed by atoms with Crippen LogP contribution in [0.5, 0.6) is 17.2 Å². The molecule has 0 aliphatic carbocycles. The molecule has 1 N–H and O–H groups in total. The van der Waals surface area contributed by atoms with Gasteiger partial charge in [-0.1, -0.05) is 0 Å². The Morgan fingerprint density at radius 2 is 1.43 bits per heavy atom. The molecule has 7 heteroatoms. The van der Waals surface area contributed by atoms with Crippen molar-refractivity contribution < 1.29 is 14.2 Å². The monoisotopic (exact) mass is 316 g/mol. The lowest BCUT2D eigenvalue weighted by molar-refractivity contribution is 0.349. The van der Waals surface area contributed by atoms with E-state index < -0.39 is 0 Å². The maximum absolute atomic E-state index is 5.34. The van der Waals surface area contributed by atoms with Crippen LogP contribution < -0.4 is 19.6 Å². The van der Waals surface area contributed by atoms with Crippen LogP contribution in [0.25, 0.3) is 0 Å². The second kappa shape index (κ2) is 7.44. The van der Waals surface area contributed by atoms with Crippen molar-refractivity contribution >= 4 is 12.2 Å². The summed E-state index contributed by atoms with van der Waals surface area (Å²) >= 11 is 0. The van der Waals surface area contributed by atoms with E-state index in [0.29, 0.717) is 23.2 Å². The summed E-state index contributed by atoms with van der Waals surface area (Å²) in [6.07, 6.45) is 1.61. The Balaban J connectivity index is 2.24. The molecule has 0 spiro atoms. The van der Waals surface area contributed by atoms with Crippen LogP contribution in [0, 0.1) is 13.8 Å². The molecule has 0 saturated carbocycles. The first-order chi connectivity index (χ1) is 11.1. The van der Waals surface area contributed by atoms with Gasteiger partial charge in [0.25, 0.3) is 0 Å². The van der Waals surface area contributed by atoms with Crippen molar-refractivity contribution in [3.8, 4) is 17.2 Å². The van der Waals surface area contributed by atoms with Crippen LogP contribution >= 0.6 is 0 Å². The number of nitrogens with zero attached hydrogens (tertiary/aromatic N) is 3. The number of methoxy groups -OCH3 is 3. The molecule has 23 heavy (non-hydrogen) atoms. The van der Waals surface area contributed by atoms with Gasteiger partial charge in [-0.15, -0.1) is 0 Å². The number of aromatic nitrogens is 2. The molecule has 0 atom stereocenters. The van der Waals surface area contributed by atoms with Crippen LogP contribution in [0.2, 0.25) is 0 Å². The van der Waals surface area contributed by atoms with Crippen LogP contribution in [0.15, 0.2) is 23.3 Å². The first-order valence-electron chi connectivity index (χ1n) is 6.98. The van der Waals surface area contributed by atoms with E-state index in [1.807, 2.05) is 19.9 Å². The van der Waals surface area contributed by atoms with Gasteiger partial charge in [-0.2, -0.15) is 5.10 Å². The lowest BCUT2D eigenvalue weighted by atomic mass is 10.2. The molecular formula is C16H20N4O3. The maximum atomic E-state index is 5.34. The van der Waals surface area contributed by atoms with Crippen molar-refractivity contribution in [1.29, 1.82) is 0 Å². The quantitative estimate of drug-likeness (QED) is 0.652. The van der Waals surface area contributed by atoms with E-state index in [1.54, 1.807) is 39.7 Å². The molecule has 122 valence electrons. The standard InChI is InChI=1S/C16H20N4O3/c1-10-6-11(2)19-16(18-10)20-17-9-12-7-14(22-4)15(23-5)8-13(12)21-3/h6-9H,1-5H3,(H,18,19,20)/b17-9+. The van der Waals surface area contributed by atoms with Gasteiger partial charge in [0.05, 0.1) is 27.5 Å². The zero-order valence-corrected chi connectivity index (χ0v) is 13.9. The highest BCUT2D eigenvalue weighted by molar-refractivity contribution is 5.85. The van der Waals surface area contributed by atoms with Crippen LogP contribution in [0.1, 0.15) is 17.0 Å². The summed E-state index contributed by atoms with van der Waals surface area (Å²) in [6, 6.07) is 5.42. The van der Waals surface area contributed by atoms with Gasteiger partial charge in [-0.05, 0) is 26.0 Å². The summed E-state index contributed by atoms with van der Waals surface area (Å²) in [5.74, 6) is 2.25. The first kappa shape index (κ1) is 16.5. The van der Waals surface area contributed by atoms with Crippen LogP contribution in [-0.4, -0.2) is 37.5 Å². The molecule has 1 aromatic carbocycles. The van der Waals surface area contributed by atoms with Gasteiger partial charge >= 0.3 is 0 Å². The van der Waals surface area contributed by atoms with Crippen molar-refractivity contribution in [2.45, 2.75) is 13.8 Å². The van der Waals surface area contributed by atoms with Gasteiger partial charge in [0, 0.05) is 23.0 Å². The normalized spacial score (nSPS) is 10.7. The van der Waals surface area contributed by atoms with E-state index in [-0.39, 0.29) is 0 Å². The van der Waals surface area contributed by atoms with Gasteiger partial charge < -0.3 is 14.2 Å². The maximum Gasteiger partial charge on any atom is 0.243 e. The molecule has 0 unspecified atom stereocenters. The van der Waals surface area contributed by atoms with E-state index in [1.165, 1.54) is 0 Å². The summed E-state index contributed by atoms with van der Waals surface area (Å²) in [6.45, 7) is 3.81. The van der Waals surface area contributed by atoms with Gasteiger partial charge in [0.2, 0.25) is 5.95 Å². The molecule has 2 aromatic rings. The number of rotatable bonds is 6. The number of aryl methyl sites for hydroxylation is 2. The Morgan fingerprint density at radius 1 is 0.870 bits per heavy atom. The molecule has 0 bridgehead atoms. The van der Waals surface area contributed by atoms with Crippen molar-refractivity contribution in [1.82, 2.24) is 9.97 Å². The summed E-state index contributed by atoms with van der Waals surface area (Å²) in [4.78, 5) is 8.51. The third kappa shape index (κ3) is 4.09. The highest BCUT2D eigenvalue weighted by Gasteiger charge is 2.10. The van der Waals surface area contributed by atoms with E-state index in [2.05, 4.69) is 20.5 Å².